The van der Waals surface area contributed by atoms with Crippen LogP contribution in [0.1, 0.15) is 113 Å². The highest BCUT2D eigenvalue weighted by atomic mass is 16.5. The molecule has 4 nitrogen and oxygen atoms in total. The van der Waals surface area contributed by atoms with E-state index in [1.807, 2.05) is 25.1 Å². The molecule has 4 heteroatoms. The Morgan fingerprint density at radius 2 is 1.26 bits per heavy atom. The molecule has 0 aliphatic rings. The Labute approximate surface area is 190 Å². The van der Waals surface area contributed by atoms with Crippen LogP contribution in [0.5, 0.6) is 0 Å². The highest BCUT2D eigenvalue weighted by Crippen LogP contribution is 2.13. The van der Waals surface area contributed by atoms with Gasteiger partial charge >= 0.3 is 5.97 Å². The number of unbranched alkanes of at least 4 members (excludes halogenated alkanes) is 13. The van der Waals surface area contributed by atoms with Crippen molar-refractivity contribution in [3.8, 4) is 0 Å². The number of hydrogen-bond acceptors (Lipinski definition) is 3. The first-order valence-electron chi connectivity index (χ1n) is 12.5. The van der Waals surface area contributed by atoms with E-state index in [0.717, 1.165) is 18.4 Å². The van der Waals surface area contributed by atoms with Crippen LogP contribution in [-0.4, -0.2) is 37.0 Å². The van der Waals surface area contributed by atoms with Crippen molar-refractivity contribution < 1.29 is 14.3 Å². The smallest absolute Gasteiger partial charge is 0.325 e. The van der Waals surface area contributed by atoms with Gasteiger partial charge in [0.2, 0.25) is 0 Å². The number of nitrogens with zero attached hydrogens (tertiary/aromatic N) is 1. The van der Waals surface area contributed by atoms with Crippen LogP contribution in [0.3, 0.4) is 0 Å². The fraction of sp³-hybridized carbons (Fsp3) is 0.704. The largest absolute Gasteiger partial charge is 0.464 e. The first-order valence-corrected chi connectivity index (χ1v) is 12.5. The molecule has 1 amide bonds. The van der Waals surface area contributed by atoms with Gasteiger partial charge in [-0.05, 0) is 25.0 Å². The first kappa shape index (κ1) is 27.2. The van der Waals surface area contributed by atoms with Crippen molar-refractivity contribution in [2.45, 2.75) is 104 Å². The summed E-state index contributed by atoms with van der Waals surface area (Å²) in [7, 11) is 1.64. The standard InChI is InChI=1S/C27H45NO3/c1-4-5-6-7-8-9-10-11-12-13-14-15-16-19-22-31-26(29)23-28(3)27(30)25-21-18-17-20-24(25)2/h17-18,20-21H,4-16,19,22-23H2,1-3H3. The summed E-state index contributed by atoms with van der Waals surface area (Å²) in [4.78, 5) is 25.9. The van der Waals surface area contributed by atoms with Crippen molar-refractivity contribution in [3.05, 3.63) is 35.4 Å². The third-order valence-electron chi connectivity index (χ3n) is 5.85. The molecule has 0 unspecified atom stereocenters. The summed E-state index contributed by atoms with van der Waals surface area (Å²) in [5.41, 5.74) is 1.54. The van der Waals surface area contributed by atoms with Crippen molar-refractivity contribution in [1.82, 2.24) is 4.90 Å². The van der Waals surface area contributed by atoms with Gasteiger partial charge in [0.1, 0.15) is 6.54 Å². The molecule has 0 radical (unpaired) electrons. The van der Waals surface area contributed by atoms with Gasteiger partial charge in [0, 0.05) is 12.6 Å². The number of carbonyl (C=O) groups is 2. The van der Waals surface area contributed by atoms with E-state index < -0.39 is 0 Å². The van der Waals surface area contributed by atoms with Crippen LogP contribution < -0.4 is 0 Å². The molecule has 0 spiro atoms. The molecule has 0 N–H and O–H groups in total. The lowest BCUT2D eigenvalue weighted by atomic mass is 10.0. The quantitative estimate of drug-likeness (QED) is 0.184. The molecule has 1 rings (SSSR count). The average Bonchev–Trinajstić information content (AvgIpc) is 2.76. The zero-order valence-electron chi connectivity index (χ0n) is 20.3. The van der Waals surface area contributed by atoms with Gasteiger partial charge in [-0.1, -0.05) is 109 Å². The molecule has 0 aliphatic heterocycles. The number of aryl methyl sites for hydroxylation is 1. The van der Waals surface area contributed by atoms with E-state index in [0.29, 0.717) is 12.2 Å². The molecule has 0 aromatic heterocycles. The Morgan fingerprint density at radius 1 is 0.774 bits per heavy atom. The molecule has 1 aromatic carbocycles. The van der Waals surface area contributed by atoms with Crippen molar-refractivity contribution in [1.29, 1.82) is 0 Å². The van der Waals surface area contributed by atoms with Crippen LogP contribution in [0, 0.1) is 6.92 Å². The molecule has 0 atom stereocenters. The van der Waals surface area contributed by atoms with E-state index in [9.17, 15) is 9.59 Å². The summed E-state index contributed by atoms with van der Waals surface area (Å²) >= 11 is 0. The van der Waals surface area contributed by atoms with E-state index in [2.05, 4.69) is 6.92 Å². The van der Waals surface area contributed by atoms with Gasteiger partial charge in [0.15, 0.2) is 0 Å². The molecule has 31 heavy (non-hydrogen) atoms. The molecule has 0 aliphatic carbocycles. The second-order valence-corrected chi connectivity index (χ2v) is 8.79. The minimum atomic E-state index is -0.334. The third kappa shape index (κ3) is 13.2. The van der Waals surface area contributed by atoms with Crippen LogP contribution in [0.2, 0.25) is 0 Å². The molecule has 0 bridgehead atoms. The summed E-state index contributed by atoms with van der Waals surface area (Å²) in [6, 6.07) is 7.42. The Balaban J connectivity index is 1.94. The predicted octanol–water partition coefficient (Wildman–Crippen LogP) is 7.09. The Kier molecular flexibility index (Phi) is 15.6. The second kappa shape index (κ2) is 17.8. The number of carbonyl (C=O) groups excluding carboxylic acids is 2. The average molecular weight is 432 g/mol. The van der Waals surface area contributed by atoms with Crippen LogP contribution in [0.4, 0.5) is 0 Å². The number of amides is 1. The fourth-order valence-corrected chi connectivity index (χ4v) is 3.81. The lowest BCUT2D eigenvalue weighted by Gasteiger charge is -2.17. The van der Waals surface area contributed by atoms with Gasteiger partial charge in [-0.2, -0.15) is 0 Å². The van der Waals surface area contributed by atoms with Gasteiger partial charge in [-0.25, -0.2) is 0 Å². The molecule has 0 heterocycles. The minimum Gasteiger partial charge on any atom is -0.464 e. The number of rotatable bonds is 18. The number of likely N-dealkylation sites (N-methyl/N-ethyl adjacent to an activating group) is 1. The maximum absolute atomic E-state index is 12.4. The molecule has 1 aromatic rings. The van der Waals surface area contributed by atoms with E-state index in [-0.39, 0.29) is 18.4 Å². The molecule has 0 saturated carbocycles. The Morgan fingerprint density at radius 3 is 1.77 bits per heavy atom. The summed E-state index contributed by atoms with van der Waals surface area (Å²) in [5.74, 6) is -0.481. The number of benzene rings is 1. The van der Waals surface area contributed by atoms with E-state index in [4.69, 9.17) is 4.74 Å². The molecule has 176 valence electrons. The van der Waals surface area contributed by atoms with Gasteiger partial charge < -0.3 is 9.64 Å². The number of hydrogen-bond donors (Lipinski definition) is 0. The maximum Gasteiger partial charge on any atom is 0.325 e. The zero-order valence-corrected chi connectivity index (χ0v) is 20.3. The topological polar surface area (TPSA) is 46.6 Å². The number of ether oxygens (including phenoxy) is 1. The van der Waals surface area contributed by atoms with Crippen LogP contribution in [0.25, 0.3) is 0 Å². The van der Waals surface area contributed by atoms with Gasteiger partial charge in [-0.15, -0.1) is 0 Å². The highest BCUT2D eigenvalue weighted by Gasteiger charge is 2.17. The van der Waals surface area contributed by atoms with Crippen LogP contribution >= 0.6 is 0 Å². The monoisotopic (exact) mass is 431 g/mol. The van der Waals surface area contributed by atoms with Gasteiger partial charge in [-0.3, -0.25) is 9.59 Å². The zero-order chi connectivity index (χ0) is 22.7. The second-order valence-electron chi connectivity index (χ2n) is 8.79. The van der Waals surface area contributed by atoms with Crippen LogP contribution in [0.15, 0.2) is 24.3 Å². The van der Waals surface area contributed by atoms with E-state index in [1.54, 1.807) is 13.1 Å². The summed E-state index contributed by atoms with van der Waals surface area (Å²) in [5, 5.41) is 0. The Hall–Kier alpha value is -1.84. The van der Waals surface area contributed by atoms with Crippen LogP contribution in [-0.2, 0) is 9.53 Å². The molecular formula is C27H45NO3. The summed E-state index contributed by atoms with van der Waals surface area (Å²) in [6.07, 6.45) is 18.3. The Bertz CT molecular complexity index is 614. The predicted molar refractivity (Wildman–Crippen MR) is 129 cm³/mol. The van der Waals surface area contributed by atoms with E-state index >= 15 is 0 Å². The van der Waals surface area contributed by atoms with Crippen molar-refractivity contribution in [2.24, 2.45) is 0 Å². The SMILES string of the molecule is CCCCCCCCCCCCCCCCOC(=O)CN(C)C(=O)c1ccccc1C. The van der Waals surface area contributed by atoms with Crippen molar-refractivity contribution in [2.75, 3.05) is 20.2 Å². The molecule has 0 fully saturated rings. The maximum atomic E-state index is 12.4. The summed E-state index contributed by atoms with van der Waals surface area (Å²) in [6.45, 7) is 4.60. The third-order valence-corrected chi connectivity index (χ3v) is 5.85. The normalized spacial score (nSPS) is 10.8. The fourth-order valence-electron chi connectivity index (χ4n) is 3.81. The summed E-state index contributed by atoms with van der Waals surface area (Å²) < 4.78 is 5.30. The highest BCUT2D eigenvalue weighted by molar-refractivity contribution is 5.97. The number of esters is 1. The molecule has 0 saturated heterocycles. The van der Waals surface area contributed by atoms with Crippen molar-refractivity contribution >= 4 is 11.9 Å². The van der Waals surface area contributed by atoms with Gasteiger partial charge in [0.25, 0.3) is 5.91 Å². The van der Waals surface area contributed by atoms with E-state index in [1.165, 1.54) is 81.9 Å². The first-order chi connectivity index (χ1) is 15.1. The lowest BCUT2D eigenvalue weighted by molar-refractivity contribution is -0.144. The lowest BCUT2D eigenvalue weighted by Crippen LogP contribution is -2.33. The van der Waals surface area contributed by atoms with Gasteiger partial charge in [0.05, 0.1) is 6.61 Å². The minimum absolute atomic E-state index is 0.00816. The molecular weight excluding hydrogens is 386 g/mol. The van der Waals surface area contributed by atoms with Crippen molar-refractivity contribution in [3.63, 3.8) is 0 Å².